The Morgan fingerprint density at radius 1 is 1.55 bits per heavy atom. The molecule has 11 heavy (non-hydrogen) atoms. The second-order valence-electron chi connectivity index (χ2n) is 2.67. The molecule has 0 spiro atoms. The van der Waals surface area contributed by atoms with Crippen LogP contribution in [-0.2, 0) is 0 Å². The van der Waals surface area contributed by atoms with E-state index in [1.807, 2.05) is 19.1 Å². The first kappa shape index (κ1) is 10.7. The van der Waals surface area contributed by atoms with Crippen LogP contribution in [0.3, 0.4) is 0 Å². The van der Waals surface area contributed by atoms with Gasteiger partial charge in [-0.05, 0) is 13.3 Å². The molecule has 2 N–H and O–H groups in total. The lowest BCUT2D eigenvalue weighted by Gasteiger charge is -2.08. The van der Waals surface area contributed by atoms with Crippen LogP contribution < -0.4 is 5.32 Å². The second-order valence-corrected chi connectivity index (χ2v) is 2.67. The quantitative estimate of drug-likeness (QED) is 0.450. The van der Waals surface area contributed by atoms with Gasteiger partial charge >= 0.3 is 0 Å². The van der Waals surface area contributed by atoms with E-state index in [-0.39, 0.29) is 6.10 Å². The highest BCUT2D eigenvalue weighted by Crippen LogP contribution is 1.93. The summed E-state index contributed by atoms with van der Waals surface area (Å²) in [7, 11) is 0. The van der Waals surface area contributed by atoms with Gasteiger partial charge in [0.15, 0.2) is 0 Å². The fraction of sp³-hybridized carbons (Fsp3) is 0.778. The number of aliphatic hydroxyl groups excluding tert-OH is 1. The maximum Gasteiger partial charge on any atom is 0.0664 e. The van der Waals surface area contributed by atoms with Crippen LogP contribution >= 0.6 is 0 Å². The summed E-state index contributed by atoms with van der Waals surface area (Å²) in [4.78, 5) is 0. The maximum atomic E-state index is 9.26. The van der Waals surface area contributed by atoms with Crippen LogP contribution in [-0.4, -0.2) is 24.3 Å². The molecule has 0 saturated carbocycles. The van der Waals surface area contributed by atoms with Gasteiger partial charge in [-0.1, -0.05) is 25.5 Å². The summed E-state index contributed by atoms with van der Waals surface area (Å²) < 4.78 is 0. The first-order valence-corrected chi connectivity index (χ1v) is 4.31. The fourth-order valence-electron chi connectivity index (χ4n) is 0.886. The van der Waals surface area contributed by atoms with Gasteiger partial charge in [0.1, 0.15) is 0 Å². The first-order chi connectivity index (χ1) is 5.31. The minimum Gasteiger partial charge on any atom is -0.392 e. The molecule has 0 aromatic carbocycles. The molecule has 0 bridgehead atoms. The fourth-order valence-corrected chi connectivity index (χ4v) is 0.886. The molecule has 0 heterocycles. The predicted molar refractivity (Wildman–Crippen MR) is 48.6 cm³/mol. The van der Waals surface area contributed by atoms with Crippen molar-refractivity contribution in [2.75, 3.05) is 13.1 Å². The van der Waals surface area contributed by atoms with Crippen LogP contribution in [0.15, 0.2) is 12.2 Å². The highest BCUT2D eigenvalue weighted by molar-refractivity contribution is 4.79. The van der Waals surface area contributed by atoms with Crippen LogP contribution in [0.1, 0.15) is 26.7 Å². The number of hydrogen-bond acceptors (Lipinski definition) is 2. The van der Waals surface area contributed by atoms with Gasteiger partial charge in [-0.3, -0.25) is 0 Å². The SMILES string of the molecule is C/C=C/CNCC(O)CCC. The van der Waals surface area contributed by atoms with Crippen molar-refractivity contribution in [2.24, 2.45) is 0 Å². The molecule has 0 rings (SSSR count). The second kappa shape index (κ2) is 7.76. The standard InChI is InChI=1S/C9H19NO/c1-3-5-7-10-8-9(11)6-4-2/h3,5,9-11H,4,6-8H2,1-2H3/b5-3+. The smallest absolute Gasteiger partial charge is 0.0664 e. The number of allylic oxidation sites excluding steroid dienone is 1. The lowest BCUT2D eigenvalue weighted by molar-refractivity contribution is 0.162. The summed E-state index contributed by atoms with van der Waals surface area (Å²) in [6.07, 6.45) is 5.80. The molecular formula is C9H19NO. The van der Waals surface area contributed by atoms with Crippen molar-refractivity contribution in [2.45, 2.75) is 32.8 Å². The van der Waals surface area contributed by atoms with E-state index in [0.717, 1.165) is 19.4 Å². The van der Waals surface area contributed by atoms with Gasteiger partial charge in [0.2, 0.25) is 0 Å². The predicted octanol–water partition coefficient (Wildman–Crippen LogP) is 1.31. The third kappa shape index (κ3) is 7.56. The molecule has 2 heteroatoms. The summed E-state index contributed by atoms with van der Waals surface area (Å²) in [5.41, 5.74) is 0. The molecule has 0 amide bonds. The number of nitrogens with one attached hydrogen (secondary N) is 1. The zero-order chi connectivity index (χ0) is 8.53. The highest BCUT2D eigenvalue weighted by atomic mass is 16.3. The zero-order valence-electron chi connectivity index (χ0n) is 7.51. The summed E-state index contributed by atoms with van der Waals surface area (Å²) in [6, 6.07) is 0. The van der Waals surface area contributed by atoms with Gasteiger partial charge < -0.3 is 10.4 Å². The van der Waals surface area contributed by atoms with Gasteiger partial charge in [-0.15, -0.1) is 0 Å². The molecule has 0 aliphatic rings. The third-order valence-electron chi connectivity index (χ3n) is 1.50. The van der Waals surface area contributed by atoms with E-state index >= 15 is 0 Å². The first-order valence-electron chi connectivity index (χ1n) is 4.31. The lowest BCUT2D eigenvalue weighted by atomic mass is 10.2. The van der Waals surface area contributed by atoms with E-state index in [4.69, 9.17) is 0 Å². The van der Waals surface area contributed by atoms with Crippen molar-refractivity contribution in [3.05, 3.63) is 12.2 Å². The molecule has 0 fully saturated rings. The van der Waals surface area contributed by atoms with E-state index in [0.29, 0.717) is 6.54 Å². The molecule has 0 aromatic rings. The molecule has 1 unspecified atom stereocenters. The third-order valence-corrected chi connectivity index (χ3v) is 1.50. The van der Waals surface area contributed by atoms with Crippen molar-refractivity contribution >= 4 is 0 Å². The van der Waals surface area contributed by atoms with Crippen LogP contribution in [0.2, 0.25) is 0 Å². The molecule has 0 radical (unpaired) electrons. The number of aliphatic hydroxyl groups is 1. The Morgan fingerprint density at radius 3 is 2.82 bits per heavy atom. The van der Waals surface area contributed by atoms with E-state index in [1.165, 1.54) is 0 Å². The largest absolute Gasteiger partial charge is 0.392 e. The minimum atomic E-state index is -0.176. The number of rotatable bonds is 6. The Bertz CT molecular complexity index is 102. The van der Waals surface area contributed by atoms with Crippen LogP contribution in [0.4, 0.5) is 0 Å². The van der Waals surface area contributed by atoms with Gasteiger partial charge in [0, 0.05) is 13.1 Å². The molecule has 66 valence electrons. The van der Waals surface area contributed by atoms with Crippen molar-refractivity contribution in [3.63, 3.8) is 0 Å². The van der Waals surface area contributed by atoms with Crippen molar-refractivity contribution in [3.8, 4) is 0 Å². The molecule has 0 aliphatic heterocycles. The highest BCUT2D eigenvalue weighted by Gasteiger charge is 1.98. The van der Waals surface area contributed by atoms with Crippen molar-refractivity contribution in [1.82, 2.24) is 5.32 Å². The molecule has 0 aliphatic carbocycles. The van der Waals surface area contributed by atoms with E-state index in [9.17, 15) is 5.11 Å². The van der Waals surface area contributed by atoms with Gasteiger partial charge in [-0.2, -0.15) is 0 Å². The Labute approximate surface area is 69.3 Å². The molecule has 2 nitrogen and oxygen atoms in total. The van der Waals surface area contributed by atoms with Crippen LogP contribution in [0.5, 0.6) is 0 Å². The van der Waals surface area contributed by atoms with Gasteiger partial charge in [-0.25, -0.2) is 0 Å². The van der Waals surface area contributed by atoms with E-state index in [2.05, 4.69) is 12.2 Å². The zero-order valence-corrected chi connectivity index (χ0v) is 7.51. The topological polar surface area (TPSA) is 32.3 Å². The number of hydrogen-bond donors (Lipinski definition) is 2. The van der Waals surface area contributed by atoms with Gasteiger partial charge in [0.25, 0.3) is 0 Å². The molecule has 0 aromatic heterocycles. The summed E-state index contributed by atoms with van der Waals surface area (Å²) in [5, 5.41) is 12.4. The van der Waals surface area contributed by atoms with E-state index < -0.39 is 0 Å². The van der Waals surface area contributed by atoms with Gasteiger partial charge in [0.05, 0.1) is 6.10 Å². The summed E-state index contributed by atoms with van der Waals surface area (Å²) in [5.74, 6) is 0. The Balaban J connectivity index is 3.10. The monoisotopic (exact) mass is 157 g/mol. The van der Waals surface area contributed by atoms with Crippen LogP contribution in [0.25, 0.3) is 0 Å². The summed E-state index contributed by atoms with van der Waals surface area (Å²) in [6.45, 7) is 5.63. The lowest BCUT2D eigenvalue weighted by Crippen LogP contribution is -2.26. The minimum absolute atomic E-state index is 0.176. The molecular weight excluding hydrogens is 138 g/mol. The van der Waals surface area contributed by atoms with Crippen LogP contribution in [0, 0.1) is 0 Å². The molecule has 0 saturated heterocycles. The average molecular weight is 157 g/mol. The Hall–Kier alpha value is -0.340. The van der Waals surface area contributed by atoms with Crippen molar-refractivity contribution in [1.29, 1.82) is 0 Å². The Kier molecular flexibility index (Phi) is 7.52. The average Bonchev–Trinajstić information content (AvgIpc) is 1.99. The summed E-state index contributed by atoms with van der Waals surface area (Å²) >= 11 is 0. The normalized spacial score (nSPS) is 14.1. The Morgan fingerprint density at radius 2 is 2.27 bits per heavy atom. The van der Waals surface area contributed by atoms with E-state index in [1.54, 1.807) is 0 Å². The molecule has 1 atom stereocenters. The van der Waals surface area contributed by atoms with Crippen molar-refractivity contribution < 1.29 is 5.11 Å². The maximum absolute atomic E-state index is 9.26.